The smallest absolute Gasteiger partial charge is 0.264 e. The van der Waals surface area contributed by atoms with Gasteiger partial charge in [0.1, 0.15) is 12.6 Å². The van der Waals surface area contributed by atoms with E-state index >= 15 is 0 Å². The molecule has 3 aromatic carbocycles. The monoisotopic (exact) mass is 671 g/mol. The molecule has 0 spiro atoms. The van der Waals surface area contributed by atoms with E-state index in [4.69, 9.17) is 46.4 Å². The summed E-state index contributed by atoms with van der Waals surface area (Å²) < 4.78 is 28.9. The van der Waals surface area contributed by atoms with Crippen LogP contribution in [0.4, 0.5) is 5.69 Å². The molecule has 0 bridgehead atoms. The van der Waals surface area contributed by atoms with Gasteiger partial charge in [0, 0.05) is 12.1 Å². The van der Waals surface area contributed by atoms with Crippen LogP contribution in [0.15, 0.2) is 65.6 Å². The first-order valence-corrected chi connectivity index (χ1v) is 16.1. The van der Waals surface area contributed by atoms with Gasteiger partial charge < -0.3 is 10.2 Å². The van der Waals surface area contributed by atoms with Gasteiger partial charge in [-0.05, 0) is 76.1 Å². The van der Waals surface area contributed by atoms with Crippen molar-refractivity contribution in [1.29, 1.82) is 0 Å². The summed E-state index contributed by atoms with van der Waals surface area (Å²) in [6.07, 6.45) is 0.262. The van der Waals surface area contributed by atoms with Crippen molar-refractivity contribution in [1.82, 2.24) is 10.2 Å². The molecule has 1 N–H and O–H groups in total. The molecule has 0 unspecified atom stereocenters. The minimum Gasteiger partial charge on any atom is -0.350 e. The summed E-state index contributed by atoms with van der Waals surface area (Å²) in [5.41, 5.74) is 0.923. The van der Waals surface area contributed by atoms with Gasteiger partial charge in [-0.25, -0.2) is 8.42 Å². The van der Waals surface area contributed by atoms with Gasteiger partial charge in [-0.3, -0.25) is 13.9 Å². The number of carbonyl (C=O) groups excluding carboxylic acids is 2. The second kappa shape index (κ2) is 13.9. The Bertz CT molecular complexity index is 1560. The highest BCUT2D eigenvalue weighted by molar-refractivity contribution is 7.92. The van der Waals surface area contributed by atoms with E-state index in [1.807, 2.05) is 27.7 Å². The van der Waals surface area contributed by atoms with E-state index < -0.39 is 34.1 Å². The molecule has 0 aromatic heterocycles. The lowest BCUT2D eigenvalue weighted by Gasteiger charge is -2.35. The van der Waals surface area contributed by atoms with Gasteiger partial charge in [-0.15, -0.1) is 0 Å². The number of rotatable bonds is 10. The maximum absolute atomic E-state index is 14.2. The lowest BCUT2D eigenvalue weighted by atomic mass is 10.1. The number of hydrogen-bond acceptors (Lipinski definition) is 4. The SMILES string of the molecule is CC[C@@H](C(=O)NC(C)(C)C)N(Cc1ccc(Cl)c(Cl)c1)C(=O)CN(c1cccc(Cl)c1Cl)S(=O)(=O)c1ccc(C)cc1. The van der Waals surface area contributed by atoms with Crippen molar-refractivity contribution in [3.8, 4) is 0 Å². The minimum atomic E-state index is -4.30. The molecule has 0 radical (unpaired) electrons. The number of amides is 2. The highest BCUT2D eigenvalue weighted by atomic mass is 35.5. The number of aryl methyl sites for hydroxylation is 1. The molecule has 3 aromatic rings. The molecule has 0 heterocycles. The molecule has 0 saturated heterocycles. The van der Waals surface area contributed by atoms with E-state index in [1.54, 1.807) is 43.3 Å². The van der Waals surface area contributed by atoms with Crippen LogP contribution in [0.2, 0.25) is 20.1 Å². The summed E-state index contributed by atoms with van der Waals surface area (Å²) in [7, 11) is -4.30. The molecule has 42 heavy (non-hydrogen) atoms. The Kier molecular flexibility index (Phi) is 11.2. The topological polar surface area (TPSA) is 86.8 Å². The van der Waals surface area contributed by atoms with Crippen molar-refractivity contribution in [2.24, 2.45) is 0 Å². The van der Waals surface area contributed by atoms with E-state index in [1.165, 1.54) is 29.2 Å². The summed E-state index contributed by atoms with van der Waals surface area (Å²) in [5.74, 6) is -1.02. The zero-order valence-corrected chi connectivity index (χ0v) is 27.8. The highest BCUT2D eigenvalue weighted by Gasteiger charge is 2.35. The molecule has 1 atom stereocenters. The summed E-state index contributed by atoms with van der Waals surface area (Å²) in [6.45, 7) is 8.42. The third kappa shape index (κ3) is 8.32. The molecule has 2 amide bonds. The second-order valence-electron chi connectivity index (χ2n) is 10.8. The Labute approximate surface area is 267 Å². The number of anilines is 1. The van der Waals surface area contributed by atoms with Gasteiger partial charge in [0.05, 0.1) is 30.7 Å². The van der Waals surface area contributed by atoms with Crippen LogP contribution in [0.1, 0.15) is 45.2 Å². The second-order valence-corrected chi connectivity index (χ2v) is 14.3. The van der Waals surface area contributed by atoms with Gasteiger partial charge in [0.15, 0.2) is 0 Å². The van der Waals surface area contributed by atoms with Crippen molar-refractivity contribution >= 4 is 73.9 Å². The Morgan fingerprint density at radius 3 is 2.12 bits per heavy atom. The van der Waals surface area contributed by atoms with Crippen LogP contribution in [0, 0.1) is 6.92 Å². The zero-order valence-electron chi connectivity index (χ0n) is 23.9. The van der Waals surface area contributed by atoms with Crippen LogP contribution in [0.5, 0.6) is 0 Å². The van der Waals surface area contributed by atoms with E-state index in [2.05, 4.69) is 5.32 Å². The van der Waals surface area contributed by atoms with E-state index in [0.717, 1.165) is 9.87 Å². The summed E-state index contributed by atoms with van der Waals surface area (Å²) in [5, 5.41) is 3.63. The van der Waals surface area contributed by atoms with Gasteiger partial charge in [0.2, 0.25) is 11.8 Å². The molecule has 0 saturated carbocycles. The number of carbonyl (C=O) groups is 2. The minimum absolute atomic E-state index is 0.0276. The third-order valence-electron chi connectivity index (χ3n) is 6.31. The predicted molar refractivity (Wildman–Crippen MR) is 171 cm³/mol. The average Bonchev–Trinajstić information content (AvgIpc) is 2.90. The van der Waals surface area contributed by atoms with Crippen LogP contribution in [0.25, 0.3) is 0 Å². The number of benzene rings is 3. The zero-order chi connectivity index (χ0) is 31.4. The summed E-state index contributed by atoms with van der Waals surface area (Å²) >= 11 is 25.1. The molecular formula is C30H33Cl4N3O4S. The summed E-state index contributed by atoms with van der Waals surface area (Å²) in [4.78, 5) is 28.9. The number of halogens is 4. The fraction of sp³-hybridized carbons (Fsp3) is 0.333. The Morgan fingerprint density at radius 1 is 0.905 bits per heavy atom. The van der Waals surface area contributed by atoms with Crippen LogP contribution in [-0.2, 0) is 26.2 Å². The van der Waals surface area contributed by atoms with Gasteiger partial charge in [-0.1, -0.05) is 83.2 Å². The molecule has 12 heteroatoms. The standard InChI is InChI=1S/C30H33Cl4N3O4S/c1-6-25(29(39)35-30(3,4)5)36(17-20-12-15-22(31)24(33)16-20)27(38)18-37(26-9-7-8-23(32)28(26)34)42(40,41)21-13-10-19(2)11-14-21/h7-16,25H,6,17-18H2,1-5H3,(H,35,39)/t25-/m0/s1. The largest absolute Gasteiger partial charge is 0.350 e. The maximum atomic E-state index is 14.2. The molecule has 0 aliphatic rings. The maximum Gasteiger partial charge on any atom is 0.264 e. The van der Waals surface area contributed by atoms with Crippen LogP contribution in [-0.4, -0.2) is 43.3 Å². The first-order chi connectivity index (χ1) is 19.5. The fourth-order valence-corrected chi connectivity index (χ4v) is 6.44. The number of nitrogens with one attached hydrogen (secondary N) is 1. The number of hydrogen-bond donors (Lipinski definition) is 1. The van der Waals surface area contributed by atoms with Crippen molar-refractivity contribution in [2.75, 3.05) is 10.8 Å². The van der Waals surface area contributed by atoms with Crippen molar-refractivity contribution < 1.29 is 18.0 Å². The van der Waals surface area contributed by atoms with Gasteiger partial charge in [-0.2, -0.15) is 0 Å². The van der Waals surface area contributed by atoms with Crippen LogP contribution >= 0.6 is 46.4 Å². The third-order valence-corrected chi connectivity index (χ3v) is 9.63. The van der Waals surface area contributed by atoms with Gasteiger partial charge >= 0.3 is 0 Å². The molecular weight excluding hydrogens is 640 g/mol. The molecule has 0 aliphatic heterocycles. The average molecular weight is 673 g/mol. The Hall–Kier alpha value is -2.49. The van der Waals surface area contributed by atoms with E-state index in [-0.39, 0.29) is 44.5 Å². The highest BCUT2D eigenvalue weighted by Crippen LogP contribution is 2.36. The van der Waals surface area contributed by atoms with Crippen molar-refractivity contribution in [2.45, 2.75) is 64.1 Å². The normalized spacial score (nSPS) is 12.5. The fourth-order valence-electron chi connectivity index (χ4n) is 4.24. The lowest BCUT2D eigenvalue weighted by Crippen LogP contribution is -2.55. The first-order valence-electron chi connectivity index (χ1n) is 13.1. The number of nitrogens with zero attached hydrogens (tertiary/aromatic N) is 2. The number of sulfonamides is 1. The molecule has 0 aliphatic carbocycles. The van der Waals surface area contributed by atoms with Crippen molar-refractivity contribution in [3.05, 3.63) is 91.9 Å². The van der Waals surface area contributed by atoms with Gasteiger partial charge in [0.25, 0.3) is 10.0 Å². The Balaban J connectivity index is 2.13. The van der Waals surface area contributed by atoms with E-state index in [9.17, 15) is 18.0 Å². The van der Waals surface area contributed by atoms with Crippen molar-refractivity contribution in [3.63, 3.8) is 0 Å². The molecule has 3 rings (SSSR count). The molecule has 226 valence electrons. The first kappa shape index (κ1) is 34.0. The molecule has 0 fully saturated rings. The van der Waals surface area contributed by atoms with Crippen LogP contribution in [0.3, 0.4) is 0 Å². The quantitative estimate of drug-likeness (QED) is 0.241. The molecule has 7 nitrogen and oxygen atoms in total. The predicted octanol–water partition coefficient (Wildman–Crippen LogP) is 7.53. The summed E-state index contributed by atoms with van der Waals surface area (Å²) in [6, 6.07) is 14.7. The van der Waals surface area contributed by atoms with Crippen LogP contribution < -0.4 is 9.62 Å². The lowest BCUT2D eigenvalue weighted by molar-refractivity contribution is -0.141. The van der Waals surface area contributed by atoms with E-state index in [0.29, 0.717) is 10.6 Å². The Morgan fingerprint density at radius 2 is 1.55 bits per heavy atom.